The molecule has 0 atom stereocenters. The van der Waals surface area contributed by atoms with Gasteiger partial charge in [-0.1, -0.05) is 78.9 Å². The molecule has 0 spiro atoms. The smallest absolute Gasteiger partial charge is 0.337 e. The Kier molecular flexibility index (Phi) is 5.64. The van der Waals surface area contributed by atoms with Crippen LogP contribution in [0.1, 0.15) is 21.5 Å². The van der Waals surface area contributed by atoms with Crippen molar-refractivity contribution in [3.8, 4) is 0 Å². The first-order valence-electron chi connectivity index (χ1n) is 8.50. The Balaban J connectivity index is 2.04. The molecule has 0 aliphatic carbocycles. The summed E-state index contributed by atoms with van der Waals surface area (Å²) in [6.07, 6.45) is 0. The highest BCUT2D eigenvalue weighted by Crippen LogP contribution is 2.30. The molecule has 1 amide bonds. The Morgan fingerprint density at radius 2 is 1.19 bits per heavy atom. The monoisotopic (exact) mass is 360 g/mol. The number of amides is 1. The summed E-state index contributed by atoms with van der Waals surface area (Å²) in [7, 11) is 1.32. The van der Waals surface area contributed by atoms with Crippen LogP contribution in [-0.2, 0) is 15.1 Å². The van der Waals surface area contributed by atoms with Gasteiger partial charge in [-0.2, -0.15) is 0 Å². The van der Waals surface area contributed by atoms with Gasteiger partial charge in [0.1, 0.15) is 0 Å². The zero-order chi connectivity index (χ0) is 19.1. The summed E-state index contributed by atoms with van der Waals surface area (Å²) in [5.74, 6) is -0.885. The molecule has 0 fully saturated rings. The van der Waals surface area contributed by atoms with Crippen molar-refractivity contribution < 1.29 is 14.3 Å². The van der Waals surface area contributed by atoms with Gasteiger partial charge in [-0.15, -0.1) is 0 Å². The zero-order valence-electron chi connectivity index (χ0n) is 14.9. The number of carbonyl (C=O) groups is 2. The minimum atomic E-state index is -1.39. The lowest BCUT2D eigenvalue weighted by atomic mass is 9.83. The summed E-state index contributed by atoms with van der Waals surface area (Å²) >= 11 is 0. The number of benzene rings is 3. The van der Waals surface area contributed by atoms with Gasteiger partial charge >= 0.3 is 5.97 Å². The molecule has 0 bridgehead atoms. The van der Waals surface area contributed by atoms with E-state index in [1.54, 1.807) is 24.3 Å². The van der Waals surface area contributed by atoms with E-state index in [-0.39, 0.29) is 5.91 Å². The molecule has 136 valence electrons. The van der Waals surface area contributed by atoms with Crippen molar-refractivity contribution in [2.24, 2.45) is 0 Å². The lowest BCUT2D eigenvalue weighted by molar-refractivity contribution is -0.147. The van der Waals surface area contributed by atoms with E-state index in [1.165, 1.54) is 7.11 Å². The molecule has 0 heterocycles. The SMILES string of the molecule is COC(=O)C(NNC(=O)c1ccccc1)(c1ccccc1)c1ccccc1. The minimum Gasteiger partial charge on any atom is -0.467 e. The summed E-state index contributed by atoms with van der Waals surface area (Å²) in [4.78, 5) is 25.5. The van der Waals surface area contributed by atoms with E-state index in [0.717, 1.165) is 0 Å². The van der Waals surface area contributed by atoms with Gasteiger partial charge in [0, 0.05) is 5.56 Å². The van der Waals surface area contributed by atoms with E-state index < -0.39 is 11.5 Å². The number of methoxy groups -OCH3 is 1. The Morgan fingerprint density at radius 3 is 1.63 bits per heavy atom. The molecule has 0 aromatic heterocycles. The van der Waals surface area contributed by atoms with Gasteiger partial charge in [0.05, 0.1) is 7.11 Å². The predicted molar refractivity (Wildman–Crippen MR) is 103 cm³/mol. The fourth-order valence-electron chi connectivity index (χ4n) is 2.94. The van der Waals surface area contributed by atoms with Gasteiger partial charge in [-0.05, 0) is 23.3 Å². The first kappa shape index (κ1) is 18.4. The molecule has 3 rings (SSSR count). The Hall–Kier alpha value is -3.44. The minimum absolute atomic E-state index is 0.351. The van der Waals surface area contributed by atoms with Crippen LogP contribution >= 0.6 is 0 Å². The molecule has 2 N–H and O–H groups in total. The second kappa shape index (κ2) is 8.29. The molecule has 5 nitrogen and oxygen atoms in total. The Morgan fingerprint density at radius 1 is 0.741 bits per heavy atom. The molecule has 0 saturated heterocycles. The first-order chi connectivity index (χ1) is 13.2. The van der Waals surface area contributed by atoms with Crippen LogP contribution in [0.5, 0.6) is 0 Å². The van der Waals surface area contributed by atoms with E-state index >= 15 is 0 Å². The molecule has 0 radical (unpaired) electrons. The maximum atomic E-state index is 12.9. The summed E-state index contributed by atoms with van der Waals surface area (Å²) in [6, 6.07) is 27.1. The van der Waals surface area contributed by atoms with Gasteiger partial charge in [-0.25, -0.2) is 10.2 Å². The maximum absolute atomic E-state index is 12.9. The largest absolute Gasteiger partial charge is 0.467 e. The van der Waals surface area contributed by atoms with Crippen LogP contribution in [0, 0.1) is 0 Å². The zero-order valence-corrected chi connectivity index (χ0v) is 14.9. The first-order valence-corrected chi connectivity index (χ1v) is 8.50. The molecule has 5 heteroatoms. The van der Waals surface area contributed by atoms with Crippen LogP contribution in [0.15, 0.2) is 91.0 Å². The molecule has 0 unspecified atom stereocenters. The highest BCUT2D eigenvalue weighted by Gasteiger charge is 2.43. The van der Waals surface area contributed by atoms with Crippen molar-refractivity contribution in [2.75, 3.05) is 7.11 Å². The number of rotatable bonds is 6. The van der Waals surface area contributed by atoms with Crippen LogP contribution in [0.3, 0.4) is 0 Å². The molecular formula is C22H20N2O3. The third-order valence-electron chi connectivity index (χ3n) is 4.30. The molecule has 0 aliphatic rings. The third-order valence-corrected chi connectivity index (χ3v) is 4.30. The number of carbonyl (C=O) groups excluding carboxylic acids is 2. The number of hydrazine groups is 1. The second-order valence-corrected chi connectivity index (χ2v) is 5.92. The van der Waals surface area contributed by atoms with E-state index in [9.17, 15) is 9.59 Å². The van der Waals surface area contributed by atoms with Gasteiger partial charge in [0.25, 0.3) is 5.91 Å². The standard InChI is InChI=1S/C22H20N2O3/c1-27-21(26)22(18-13-7-3-8-14-18,19-15-9-4-10-16-19)24-23-20(25)17-11-5-2-6-12-17/h2-16,24H,1H3,(H,23,25). The summed E-state index contributed by atoms with van der Waals surface area (Å²) in [6.45, 7) is 0. The number of ether oxygens (including phenoxy) is 1. The van der Waals surface area contributed by atoms with Crippen LogP contribution in [0.2, 0.25) is 0 Å². The summed E-state index contributed by atoms with van der Waals surface area (Å²) in [5.41, 5.74) is 5.99. The summed E-state index contributed by atoms with van der Waals surface area (Å²) in [5, 5.41) is 0. The van der Waals surface area contributed by atoms with E-state index in [4.69, 9.17) is 4.74 Å². The molecule has 3 aromatic rings. The highest BCUT2D eigenvalue weighted by molar-refractivity contribution is 5.94. The highest BCUT2D eigenvalue weighted by atomic mass is 16.5. The average molecular weight is 360 g/mol. The molecule has 3 aromatic carbocycles. The number of esters is 1. The number of nitrogens with one attached hydrogen (secondary N) is 2. The second-order valence-electron chi connectivity index (χ2n) is 5.92. The van der Waals surface area contributed by atoms with Crippen LogP contribution in [0.4, 0.5) is 0 Å². The van der Waals surface area contributed by atoms with Crippen molar-refractivity contribution in [2.45, 2.75) is 5.54 Å². The predicted octanol–water partition coefficient (Wildman–Crippen LogP) is 3.04. The lowest BCUT2D eigenvalue weighted by Gasteiger charge is -2.33. The van der Waals surface area contributed by atoms with Crippen LogP contribution in [0.25, 0.3) is 0 Å². The average Bonchev–Trinajstić information content (AvgIpc) is 2.76. The van der Waals surface area contributed by atoms with Gasteiger partial charge in [0.15, 0.2) is 5.54 Å². The molecule has 0 aliphatic heterocycles. The third kappa shape index (κ3) is 3.73. The summed E-state index contributed by atoms with van der Waals surface area (Å²) < 4.78 is 5.11. The van der Waals surface area contributed by atoms with E-state index in [0.29, 0.717) is 16.7 Å². The van der Waals surface area contributed by atoms with Gasteiger partial charge in [-0.3, -0.25) is 10.2 Å². The number of hydrogen-bond donors (Lipinski definition) is 2. The molecular weight excluding hydrogens is 340 g/mol. The van der Waals surface area contributed by atoms with E-state index in [2.05, 4.69) is 10.9 Å². The number of hydrogen-bond acceptors (Lipinski definition) is 4. The Bertz CT molecular complexity index is 857. The van der Waals surface area contributed by atoms with Gasteiger partial charge in [0.2, 0.25) is 0 Å². The fourth-order valence-corrected chi connectivity index (χ4v) is 2.94. The van der Waals surface area contributed by atoms with Crippen LogP contribution < -0.4 is 10.9 Å². The van der Waals surface area contributed by atoms with Crippen molar-refractivity contribution in [3.05, 3.63) is 108 Å². The van der Waals surface area contributed by atoms with Crippen molar-refractivity contribution in [1.29, 1.82) is 0 Å². The van der Waals surface area contributed by atoms with Crippen molar-refractivity contribution in [1.82, 2.24) is 10.9 Å². The topological polar surface area (TPSA) is 67.4 Å². The maximum Gasteiger partial charge on any atom is 0.337 e. The fraction of sp³-hybridized carbons (Fsp3) is 0.0909. The van der Waals surface area contributed by atoms with Crippen LogP contribution in [-0.4, -0.2) is 19.0 Å². The van der Waals surface area contributed by atoms with Gasteiger partial charge < -0.3 is 4.74 Å². The molecule has 0 saturated carbocycles. The van der Waals surface area contributed by atoms with E-state index in [1.807, 2.05) is 66.7 Å². The van der Waals surface area contributed by atoms with Crippen molar-refractivity contribution in [3.63, 3.8) is 0 Å². The van der Waals surface area contributed by atoms with Crippen molar-refractivity contribution >= 4 is 11.9 Å². The quantitative estimate of drug-likeness (QED) is 0.524. The normalized spacial score (nSPS) is 10.9. The Labute approximate surface area is 158 Å². The lowest BCUT2D eigenvalue weighted by Crippen LogP contribution is -2.57. The molecule has 27 heavy (non-hydrogen) atoms.